The lowest BCUT2D eigenvalue weighted by Gasteiger charge is -2.30. The van der Waals surface area contributed by atoms with Gasteiger partial charge in [0.1, 0.15) is 11.3 Å². The third-order valence-electron chi connectivity index (χ3n) is 5.72. The second-order valence-corrected chi connectivity index (χ2v) is 7.17. The molecule has 4 rings (SSSR count). The van der Waals surface area contributed by atoms with Crippen LogP contribution in [0.1, 0.15) is 41.3 Å². The highest BCUT2D eigenvalue weighted by atomic mass is 16.5. The van der Waals surface area contributed by atoms with Crippen molar-refractivity contribution in [3.05, 3.63) is 45.2 Å². The summed E-state index contributed by atoms with van der Waals surface area (Å²) in [5.41, 5.74) is 4.68. The number of anilines is 1. The summed E-state index contributed by atoms with van der Waals surface area (Å²) in [5, 5.41) is 9.26. The molecule has 2 aliphatic heterocycles. The fourth-order valence-electron chi connectivity index (χ4n) is 4.44. The molecule has 0 atom stereocenters. The molecular weight excluding hydrogens is 344 g/mol. The van der Waals surface area contributed by atoms with Crippen molar-refractivity contribution in [3.8, 4) is 17.0 Å². The van der Waals surface area contributed by atoms with E-state index in [9.17, 15) is 14.7 Å². The number of carboxylic acids is 1. The molecule has 1 aromatic carbocycles. The Morgan fingerprint density at radius 2 is 1.96 bits per heavy atom. The summed E-state index contributed by atoms with van der Waals surface area (Å²) in [4.78, 5) is 26.0. The summed E-state index contributed by atoms with van der Waals surface area (Å²) in [6.07, 6.45) is 5.46. The van der Waals surface area contributed by atoms with Gasteiger partial charge in [-0.3, -0.25) is 4.79 Å². The molecule has 1 aromatic heterocycles. The van der Waals surface area contributed by atoms with Gasteiger partial charge in [0.2, 0.25) is 0 Å². The summed E-state index contributed by atoms with van der Waals surface area (Å²) in [7, 11) is 1.72. The Labute approximate surface area is 158 Å². The van der Waals surface area contributed by atoms with Crippen LogP contribution in [0.3, 0.4) is 0 Å². The maximum atomic E-state index is 12.3. The van der Waals surface area contributed by atoms with Crippen molar-refractivity contribution in [2.45, 2.75) is 39.2 Å². The molecule has 0 aliphatic carbocycles. The van der Waals surface area contributed by atoms with E-state index in [-0.39, 0.29) is 5.56 Å². The molecule has 3 heterocycles. The van der Waals surface area contributed by atoms with Crippen molar-refractivity contribution in [2.75, 3.05) is 25.1 Å². The average molecular weight is 368 g/mol. The number of fused-ring (bicyclic) bond motifs is 3. The summed E-state index contributed by atoms with van der Waals surface area (Å²) < 4.78 is 7.72. The van der Waals surface area contributed by atoms with Crippen molar-refractivity contribution in [2.24, 2.45) is 0 Å². The van der Waals surface area contributed by atoms with Crippen LogP contribution in [0.15, 0.2) is 23.1 Å². The number of ether oxygens (including phenoxy) is 1. The number of pyridine rings is 1. The summed E-state index contributed by atoms with van der Waals surface area (Å²) >= 11 is 0. The van der Waals surface area contributed by atoms with Gasteiger partial charge in [0.15, 0.2) is 5.43 Å². The number of rotatable bonds is 4. The summed E-state index contributed by atoms with van der Waals surface area (Å²) in [5.74, 6) is -0.237. The zero-order chi connectivity index (χ0) is 19.1. The Morgan fingerprint density at radius 1 is 1.22 bits per heavy atom. The highest BCUT2D eigenvalue weighted by Gasteiger charge is 2.27. The molecule has 6 heteroatoms. The molecule has 0 amide bonds. The van der Waals surface area contributed by atoms with Gasteiger partial charge in [0.05, 0.1) is 18.5 Å². The first-order chi connectivity index (χ1) is 13.0. The first-order valence-electron chi connectivity index (χ1n) is 9.51. The second kappa shape index (κ2) is 6.76. The molecule has 2 aliphatic rings. The molecule has 0 bridgehead atoms. The first kappa shape index (κ1) is 17.6. The number of aryl methyl sites for hydroxylation is 1. The van der Waals surface area contributed by atoms with E-state index < -0.39 is 11.4 Å². The fourth-order valence-corrected chi connectivity index (χ4v) is 4.44. The minimum absolute atomic E-state index is 0.175. The molecule has 2 aromatic rings. The standard InChI is InChI=1S/C21H24N2O4/c1-3-13-14-6-9-23-12-16(21(25)26)19(24)11-17(23)15(14)10-18(20(13)27-2)22-7-4-5-8-22/h10-12H,3-9H2,1-2H3,(H,25,26). The minimum Gasteiger partial charge on any atom is -0.494 e. The van der Waals surface area contributed by atoms with E-state index in [0.717, 1.165) is 48.6 Å². The van der Waals surface area contributed by atoms with Gasteiger partial charge in [-0.2, -0.15) is 0 Å². The smallest absolute Gasteiger partial charge is 0.341 e. The lowest BCUT2D eigenvalue weighted by atomic mass is 9.89. The van der Waals surface area contributed by atoms with Crippen molar-refractivity contribution >= 4 is 11.7 Å². The predicted octanol–water partition coefficient (Wildman–Crippen LogP) is 2.94. The second-order valence-electron chi connectivity index (χ2n) is 7.17. The van der Waals surface area contributed by atoms with E-state index in [4.69, 9.17) is 4.74 Å². The molecule has 0 unspecified atom stereocenters. The zero-order valence-electron chi connectivity index (χ0n) is 15.7. The molecule has 6 nitrogen and oxygen atoms in total. The van der Waals surface area contributed by atoms with Gasteiger partial charge in [-0.1, -0.05) is 6.92 Å². The molecule has 0 spiro atoms. The van der Waals surface area contributed by atoms with Crippen LogP contribution in [0.4, 0.5) is 5.69 Å². The van der Waals surface area contributed by atoms with Gasteiger partial charge >= 0.3 is 5.97 Å². The number of carbonyl (C=O) groups is 1. The van der Waals surface area contributed by atoms with Gasteiger partial charge in [0, 0.05) is 37.5 Å². The average Bonchev–Trinajstić information content (AvgIpc) is 3.20. The monoisotopic (exact) mass is 368 g/mol. The zero-order valence-corrected chi connectivity index (χ0v) is 15.7. The molecule has 27 heavy (non-hydrogen) atoms. The van der Waals surface area contributed by atoms with Crippen molar-refractivity contribution in [1.82, 2.24) is 4.57 Å². The maximum absolute atomic E-state index is 12.3. The molecule has 1 N–H and O–H groups in total. The van der Waals surface area contributed by atoms with Crippen LogP contribution in [0.5, 0.6) is 5.75 Å². The van der Waals surface area contributed by atoms with Crippen molar-refractivity contribution in [3.63, 3.8) is 0 Å². The van der Waals surface area contributed by atoms with Gasteiger partial charge in [-0.25, -0.2) is 4.79 Å². The van der Waals surface area contributed by atoms with E-state index in [1.807, 2.05) is 4.57 Å². The third kappa shape index (κ3) is 2.80. The van der Waals surface area contributed by atoms with Crippen LogP contribution < -0.4 is 15.1 Å². The number of benzene rings is 1. The first-order valence-corrected chi connectivity index (χ1v) is 9.51. The van der Waals surface area contributed by atoms with E-state index in [2.05, 4.69) is 17.9 Å². The fraction of sp³-hybridized carbons (Fsp3) is 0.429. The quantitative estimate of drug-likeness (QED) is 0.898. The molecule has 0 saturated carbocycles. The lowest BCUT2D eigenvalue weighted by molar-refractivity contribution is 0.0694. The maximum Gasteiger partial charge on any atom is 0.341 e. The number of aromatic nitrogens is 1. The molecular formula is C21H24N2O4. The molecule has 0 radical (unpaired) electrons. The highest BCUT2D eigenvalue weighted by Crippen LogP contribution is 2.43. The number of carboxylic acid groups (broad SMARTS) is 1. The molecule has 142 valence electrons. The molecule has 1 fully saturated rings. The lowest BCUT2D eigenvalue weighted by Crippen LogP contribution is -2.24. The van der Waals surface area contributed by atoms with Gasteiger partial charge < -0.3 is 19.3 Å². The Balaban J connectivity index is 1.97. The number of hydrogen-bond donors (Lipinski definition) is 1. The van der Waals surface area contributed by atoms with Gasteiger partial charge in [-0.05, 0) is 42.9 Å². The van der Waals surface area contributed by atoms with Crippen LogP contribution in [0.2, 0.25) is 0 Å². The largest absolute Gasteiger partial charge is 0.494 e. The number of aromatic carboxylic acids is 1. The number of methoxy groups -OCH3 is 1. The van der Waals surface area contributed by atoms with E-state index in [1.165, 1.54) is 36.2 Å². The van der Waals surface area contributed by atoms with Crippen LogP contribution in [-0.4, -0.2) is 35.8 Å². The summed E-state index contributed by atoms with van der Waals surface area (Å²) in [6, 6.07) is 3.60. The molecule has 1 saturated heterocycles. The van der Waals surface area contributed by atoms with Crippen LogP contribution in [0, 0.1) is 0 Å². The predicted molar refractivity (Wildman–Crippen MR) is 104 cm³/mol. The Morgan fingerprint density at radius 3 is 2.59 bits per heavy atom. The topological polar surface area (TPSA) is 71.8 Å². The minimum atomic E-state index is -1.18. The normalized spacial score (nSPS) is 15.4. The van der Waals surface area contributed by atoms with Crippen LogP contribution in [0.25, 0.3) is 11.3 Å². The van der Waals surface area contributed by atoms with Gasteiger partial charge in [0.25, 0.3) is 0 Å². The Hall–Kier alpha value is -2.76. The van der Waals surface area contributed by atoms with Crippen LogP contribution in [-0.2, 0) is 19.4 Å². The number of nitrogens with zero attached hydrogens (tertiary/aromatic N) is 2. The van der Waals surface area contributed by atoms with E-state index in [0.29, 0.717) is 6.54 Å². The van der Waals surface area contributed by atoms with Crippen LogP contribution >= 0.6 is 0 Å². The highest BCUT2D eigenvalue weighted by molar-refractivity contribution is 5.88. The van der Waals surface area contributed by atoms with Crippen molar-refractivity contribution < 1.29 is 14.6 Å². The van der Waals surface area contributed by atoms with E-state index in [1.54, 1.807) is 7.11 Å². The Bertz CT molecular complexity index is 971. The van der Waals surface area contributed by atoms with Gasteiger partial charge in [-0.15, -0.1) is 0 Å². The van der Waals surface area contributed by atoms with Crippen molar-refractivity contribution in [1.29, 1.82) is 0 Å². The SMILES string of the molecule is CCc1c2c(cc(N3CCCC3)c1OC)-c1cc(=O)c(C(=O)O)cn1CC2. The Kier molecular flexibility index (Phi) is 4.42. The third-order valence-corrected chi connectivity index (χ3v) is 5.72. The van der Waals surface area contributed by atoms with E-state index >= 15 is 0 Å². The number of hydrogen-bond acceptors (Lipinski definition) is 4. The summed E-state index contributed by atoms with van der Waals surface area (Å²) in [6.45, 7) is 4.79.